The molecule has 5 rings (SSSR count). The van der Waals surface area contributed by atoms with Crippen molar-refractivity contribution in [2.45, 2.75) is 51.9 Å². The van der Waals surface area contributed by atoms with Gasteiger partial charge in [-0.05, 0) is 43.7 Å². The minimum absolute atomic E-state index is 0.0606. The van der Waals surface area contributed by atoms with Gasteiger partial charge in [0.05, 0.1) is 11.2 Å². The van der Waals surface area contributed by atoms with Crippen molar-refractivity contribution in [3.63, 3.8) is 0 Å². The van der Waals surface area contributed by atoms with Gasteiger partial charge in [-0.2, -0.15) is 0 Å². The van der Waals surface area contributed by atoms with Crippen molar-refractivity contribution in [1.29, 1.82) is 0 Å². The SMILES string of the molecule is Cc1cc(COc2ccc(C3(C(C)C)CC(C4(C)NC(=O)NC4=O)=NO3)cc2)c2ccccc2n1. The van der Waals surface area contributed by atoms with Crippen molar-refractivity contribution in [1.82, 2.24) is 15.6 Å². The molecule has 2 N–H and O–H groups in total. The number of pyridine rings is 1. The van der Waals surface area contributed by atoms with Crippen molar-refractivity contribution >= 4 is 28.6 Å². The monoisotopic (exact) mass is 472 g/mol. The van der Waals surface area contributed by atoms with Crippen LogP contribution in [0, 0.1) is 12.8 Å². The number of rotatable bonds is 6. The Hall–Kier alpha value is -3.94. The van der Waals surface area contributed by atoms with Gasteiger partial charge in [0.25, 0.3) is 5.91 Å². The van der Waals surface area contributed by atoms with Gasteiger partial charge in [-0.25, -0.2) is 4.79 Å². The molecule has 3 heterocycles. The van der Waals surface area contributed by atoms with E-state index in [1.165, 1.54) is 0 Å². The lowest BCUT2D eigenvalue weighted by atomic mass is 9.76. The first-order valence-corrected chi connectivity index (χ1v) is 11.7. The normalized spacial score (nSPS) is 23.7. The number of ether oxygens (including phenoxy) is 1. The number of hydrogen-bond donors (Lipinski definition) is 2. The van der Waals surface area contributed by atoms with Crippen LogP contribution >= 0.6 is 0 Å². The van der Waals surface area contributed by atoms with Gasteiger partial charge in [0.15, 0.2) is 11.1 Å². The summed E-state index contributed by atoms with van der Waals surface area (Å²) in [6.07, 6.45) is 0.386. The van der Waals surface area contributed by atoms with E-state index in [9.17, 15) is 9.59 Å². The molecule has 8 heteroatoms. The Morgan fingerprint density at radius 3 is 2.54 bits per heavy atom. The van der Waals surface area contributed by atoms with Crippen LogP contribution in [0.2, 0.25) is 0 Å². The third kappa shape index (κ3) is 3.88. The van der Waals surface area contributed by atoms with Gasteiger partial charge < -0.3 is 14.9 Å². The molecule has 35 heavy (non-hydrogen) atoms. The molecular weight excluding hydrogens is 444 g/mol. The van der Waals surface area contributed by atoms with Gasteiger partial charge >= 0.3 is 6.03 Å². The number of aryl methyl sites for hydroxylation is 1. The number of hydrogen-bond acceptors (Lipinski definition) is 6. The second kappa shape index (κ2) is 8.37. The zero-order valence-electron chi connectivity index (χ0n) is 20.2. The van der Waals surface area contributed by atoms with Crippen LogP contribution in [0.4, 0.5) is 4.79 Å². The lowest BCUT2D eigenvalue weighted by Crippen LogP contribution is -2.51. The Morgan fingerprint density at radius 1 is 1.11 bits per heavy atom. The molecule has 3 amide bonds. The third-order valence-corrected chi connectivity index (χ3v) is 6.97. The van der Waals surface area contributed by atoms with Crippen LogP contribution in [-0.2, 0) is 21.8 Å². The first-order chi connectivity index (χ1) is 16.7. The van der Waals surface area contributed by atoms with Crippen molar-refractivity contribution in [3.05, 3.63) is 71.4 Å². The molecule has 8 nitrogen and oxygen atoms in total. The van der Waals surface area contributed by atoms with E-state index in [0.717, 1.165) is 33.5 Å². The molecule has 180 valence electrons. The van der Waals surface area contributed by atoms with Crippen molar-refractivity contribution in [2.75, 3.05) is 0 Å². The maximum atomic E-state index is 12.4. The average molecular weight is 473 g/mol. The van der Waals surface area contributed by atoms with E-state index in [4.69, 9.17) is 9.57 Å². The van der Waals surface area contributed by atoms with E-state index in [0.29, 0.717) is 18.7 Å². The molecule has 1 aromatic heterocycles. The first-order valence-electron chi connectivity index (χ1n) is 11.7. The maximum Gasteiger partial charge on any atom is 0.322 e. The largest absolute Gasteiger partial charge is 0.489 e. The highest BCUT2D eigenvalue weighted by molar-refractivity contribution is 6.22. The Labute approximate surface area is 203 Å². The standard InChI is InChI=1S/C27H28N4O4/c1-16(2)27(14-23(31-35-27)26(4)24(32)29-25(33)30-26)19-9-11-20(12-10-19)34-15-18-13-17(3)28-22-8-6-5-7-21(18)22/h5-13,16H,14-15H2,1-4H3,(H2,29,30,32,33). The number of amides is 3. The number of oxime groups is 1. The minimum Gasteiger partial charge on any atom is -0.489 e. The molecule has 0 saturated carbocycles. The van der Waals surface area contributed by atoms with Crippen molar-refractivity contribution < 1.29 is 19.2 Å². The summed E-state index contributed by atoms with van der Waals surface area (Å²) in [5.74, 6) is 0.372. The molecule has 2 aliphatic heterocycles. The van der Waals surface area contributed by atoms with Crippen molar-refractivity contribution in [2.24, 2.45) is 11.1 Å². The summed E-state index contributed by atoms with van der Waals surface area (Å²) in [5, 5.41) is 10.3. The molecule has 0 spiro atoms. The Kier molecular flexibility index (Phi) is 5.46. The molecule has 0 bridgehead atoms. The number of imide groups is 1. The molecule has 0 aliphatic carbocycles. The van der Waals surface area contributed by atoms with Gasteiger partial charge in [-0.1, -0.05) is 49.3 Å². The molecule has 2 aromatic carbocycles. The lowest BCUT2D eigenvalue weighted by Gasteiger charge is -2.32. The fourth-order valence-corrected chi connectivity index (χ4v) is 4.77. The fraction of sp³-hybridized carbons (Fsp3) is 0.333. The predicted octanol–water partition coefficient (Wildman–Crippen LogP) is 4.35. The summed E-state index contributed by atoms with van der Waals surface area (Å²) in [7, 11) is 0. The van der Waals surface area contributed by atoms with Gasteiger partial charge in [-0.15, -0.1) is 0 Å². The summed E-state index contributed by atoms with van der Waals surface area (Å²) < 4.78 is 6.11. The quantitative estimate of drug-likeness (QED) is 0.520. The van der Waals surface area contributed by atoms with Gasteiger partial charge in [-0.3, -0.25) is 15.1 Å². The van der Waals surface area contributed by atoms with E-state index in [1.807, 2.05) is 55.5 Å². The number of aromatic nitrogens is 1. The second-order valence-corrected chi connectivity index (χ2v) is 9.64. The van der Waals surface area contributed by atoms with E-state index in [1.54, 1.807) is 6.92 Å². The topological polar surface area (TPSA) is 102 Å². The molecular formula is C27H28N4O4. The second-order valence-electron chi connectivity index (χ2n) is 9.64. The maximum absolute atomic E-state index is 12.4. The molecule has 2 aliphatic rings. The summed E-state index contributed by atoms with van der Waals surface area (Å²) in [6, 6.07) is 17.3. The van der Waals surface area contributed by atoms with E-state index < -0.39 is 23.1 Å². The van der Waals surface area contributed by atoms with Gasteiger partial charge in [0, 0.05) is 29.0 Å². The van der Waals surface area contributed by atoms with Gasteiger partial charge in [0.2, 0.25) is 0 Å². The van der Waals surface area contributed by atoms with Crippen molar-refractivity contribution in [3.8, 4) is 5.75 Å². The number of para-hydroxylation sites is 1. The summed E-state index contributed by atoms with van der Waals surface area (Å²) in [5.41, 5.74) is 2.44. The smallest absolute Gasteiger partial charge is 0.322 e. The van der Waals surface area contributed by atoms with Crippen LogP contribution in [0.3, 0.4) is 0 Å². The number of fused-ring (bicyclic) bond motifs is 1. The fourth-order valence-electron chi connectivity index (χ4n) is 4.77. The molecule has 2 atom stereocenters. The lowest BCUT2D eigenvalue weighted by molar-refractivity contribution is -0.121. The Bertz CT molecular complexity index is 1350. The molecule has 3 aromatic rings. The zero-order valence-corrected chi connectivity index (χ0v) is 20.2. The number of benzene rings is 2. The number of urea groups is 1. The van der Waals surface area contributed by atoms with Crippen LogP contribution in [0.25, 0.3) is 10.9 Å². The van der Waals surface area contributed by atoms with Crippen LogP contribution in [0.5, 0.6) is 5.75 Å². The molecule has 1 fully saturated rings. The highest BCUT2D eigenvalue weighted by atomic mass is 16.7. The van der Waals surface area contributed by atoms with Crippen LogP contribution < -0.4 is 15.4 Å². The predicted molar refractivity (Wildman–Crippen MR) is 132 cm³/mol. The average Bonchev–Trinajstić information content (AvgIpc) is 3.40. The van der Waals surface area contributed by atoms with E-state index in [-0.39, 0.29) is 5.92 Å². The third-order valence-electron chi connectivity index (χ3n) is 6.97. The highest BCUT2D eigenvalue weighted by Gasteiger charge is 2.54. The summed E-state index contributed by atoms with van der Waals surface area (Å²) >= 11 is 0. The molecule has 0 radical (unpaired) electrons. The van der Waals surface area contributed by atoms with Crippen LogP contribution in [0.1, 0.15) is 44.0 Å². The number of carbonyl (C=O) groups excluding carboxylic acids is 2. The number of nitrogens with one attached hydrogen (secondary N) is 2. The van der Waals surface area contributed by atoms with Crippen LogP contribution in [-0.4, -0.2) is 28.2 Å². The summed E-state index contributed by atoms with van der Waals surface area (Å²) in [6.45, 7) is 8.16. The number of nitrogens with zero attached hydrogens (tertiary/aromatic N) is 2. The zero-order chi connectivity index (χ0) is 24.8. The Morgan fingerprint density at radius 2 is 1.86 bits per heavy atom. The molecule has 2 unspecified atom stereocenters. The Balaban J connectivity index is 1.34. The van der Waals surface area contributed by atoms with Gasteiger partial charge in [0.1, 0.15) is 12.4 Å². The molecule has 1 saturated heterocycles. The van der Waals surface area contributed by atoms with E-state index in [2.05, 4.69) is 40.7 Å². The number of carbonyl (C=O) groups is 2. The first kappa shape index (κ1) is 22.8. The summed E-state index contributed by atoms with van der Waals surface area (Å²) in [4.78, 5) is 34.7. The minimum atomic E-state index is -1.22. The van der Waals surface area contributed by atoms with Crippen LogP contribution in [0.15, 0.2) is 59.8 Å². The highest BCUT2D eigenvalue weighted by Crippen LogP contribution is 2.44. The van der Waals surface area contributed by atoms with E-state index >= 15 is 0 Å².